The maximum Gasteiger partial charge on any atom is 0.338 e. The first kappa shape index (κ1) is 14.0. The molecule has 0 unspecified atom stereocenters. The van der Waals surface area contributed by atoms with Crippen LogP contribution in [0, 0.1) is 0 Å². The lowest BCUT2D eigenvalue weighted by Gasteiger charge is -2.19. The molecule has 0 saturated heterocycles. The molecule has 4 heteroatoms. The van der Waals surface area contributed by atoms with Gasteiger partial charge in [0.15, 0.2) is 0 Å². The number of methoxy groups -OCH3 is 1. The Morgan fingerprint density at radius 2 is 2.00 bits per heavy atom. The second-order valence-electron chi connectivity index (χ2n) is 4.66. The van der Waals surface area contributed by atoms with Crippen LogP contribution in [0.4, 0.5) is 0 Å². The summed E-state index contributed by atoms with van der Waals surface area (Å²) >= 11 is 3.36. The van der Waals surface area contributed by atoms with Crippen molar-refractivity contribution >= 4 is 21.9 Å². The molecule has 0 spiro atoms. The normalized spacial score (nSPS) is 11.1. The molecule has 1 aromatic rings. The van der Waals surface area contributed by atoms with Gasteiger partial charge in [-0.1, -0.05) is 22.0 Å². The van der Waals surface area contributed by atoms with Gasteiger partial charge in [0, 0.05) is 10.9 Å². The number of hydrogen-bond donors (Lipinski definition) is 0. The third kappa shape index (κ3) is 4.04. The second kappa shape index (κ2) is 5.54. The molecule has 0 radical (unpaired) electrons. The van der Waals surface area contributed by atoms with E-state index in [2.05, 4.69) is 15.9 Å². The van der Waals surface area contributed by atoms with Crippen molar-refractivity contribution in [2.75, 3.05) is 7.11 Å². The third-order valence-corrected chi connectivity index (χ3v) is 2.67. The van der Waals surface area contributed by atoms with E-state index in [4.69, 9.17) is 9.47 Å². The van der Waals surface area contributed by atoms with Gasteiger partial charge in [0.2, 0.25) is 0 Å². The number of rotatable bonds is 3. The van der Waals surface area contributed by atoms with Gasteiger partial charge in [-0.3, -0.25) is 0 Å². The second-order valence-corrected chi connectivity index (χ2v) is 5.22. The SMILES string of the molecule is COc1cc(C(=O)OC(C)(C)C)ccc1CBr. The zero-order valence-corrected chi connectivity index (χ0v) is 12.1. The van der Waals surface area contributed by atoms with Gasteiger partial charge in [-0.15, -0.1) is 0 Å². The maximum absolute atomic E-state index is 11.8. The highest BCUT2D eigenvalue weighted by Crippen LogP contribution is 2.23. The van der Waals surface area contributed by atoms with E-state index >= 15 is 0 Å². The first-order valence-corrected chi connectivity index (χ1v) is 6.46. The summed E-state index contributed by atoms with van der Waals surface area (Å²) in [7, 11) is 1.58. The van der Waals surface area contributed by atoms with Crippen LogP contribution < -0.4 is 4.74 Å². The van der Waals surface area contributed by atoms with Gasteiger partial charge in [0.05, 0.1) is 12.7 Å². The van der Waals surface area contributed by atoms with E-state index in [1.54, 1.807) is 19.2 Å². The van der Waals surface area contributed by atoms with E-state index in [0.29, 0.717) is 16.6 Å². The van der Waals surface area contributed by atoms with Gasteiger partial charge < -0.3 is 9.47 Å². The van der Waals surface area contributed by atoms with Crippen LogP contribution in [-0.4, -0.2) is 18.7 Å². The number of carbonyl (C=O) groups is 1. The molecule has 0 atom stereocenters. The molecule has 0 aliphatic heterocycles. The molecule has 0 aliphatic carbocycles. The average Bonchev–Trinajstić information content (AvgIpc) is 2.25. The molecule has 17 heavy (non-hydrogen) atoms. The van der Waals surface area contributed by atoms with Crippen molar-refractivity contribution in [1.29, 1.82) is 0 Å². The highest BCUT2D eigenvalue weighted by Gasteiger charge is 2.18. The summed E-state index contributed by atoms with van der Waals surface area (Å²) in [6.07, 6.45) is 0. The molecule has 0 bridgehead atoms. The van der Waals surface area contributed by atoms with E-state index in [0.717, 1.165) is 5.56 Å². The van der Waals surface area contributed by atoms with Gasteiger partial charge in [-0.25, -0.2) is 4.79 Å². The topological polar surface area (TPSA) is 35.5 Å². The molecule has 94 valence electrons. The summed E-state index contributed by atoms with van der Waals surface area (Å²) in [5.74, 6) is 0.349. The van der Waals surface area contributed by atoms with Crippen LogP contribution in [0.25, 0.3) is 0 Å². The van der Waals surface area contributed by atoms with E-state index < -0.39 is 5.60 Å². The smallest absolute Gasteiger partial charge is 0.338 e. The van der Waals surface area contributed by atoms with Gasteiger partial charge in [0.1, 0.15) is 11.4 Å². The fraction of sp³-hybridized carbons (Fsp3) is 0.462. The largest absolute Gasteiger partial charge is 0.496 e. The molecule has 0 fully saturated rings. The number of ether oxygens (including phenoxy) is 2. The van der Waals surface area contributed by atoms with Crippen molar-refractivity contribution < 1.29 is 14.3 Å². The molecular formula is C13H17BrO3. The lowest BCUT2D eigenvalue weighted by molar-refractivity contribution is 0.00692. The first-order chi connectivity index (χ1) is 7.87. The Labute approximate surface area is 110 Å². The summed E-state index contributed by atoms with van der Waals surface area (Å²) in [5, 5.41) is 0.685. The molecule has 3 nitrogen and oxygen atoms in total. The molecule has 0 aromatic heterocycles. The zero-order valence-electron chi connectivity index (χ0n) is 10.5. The van der Waals surface area contributed by atoms with E-state index in [-0.39, 0.29) is 5.97 Å². The third-order valence-electron chi connectivity index (χ3n) is 2.07. The predicted molar refractivity (Wildman–Crippen MR) is 70.8 cm³/mol. The number of hydrogen-bond acceptors (Lipinski definition) is 3. The van der Waals surface area contributed by atoms with E-state index in [1.165, 1.54) is 0 Å². The maximum atomic E-state index is 11.8. The van der Waals surface area contributed by atoms with Crippen LogP contribution in [0.3, 0.4) is 0 Å². The Morgan fingerprint density at radius 1 is 1.35 bits per heavy atom. The van der Waals surface area contributed by atoms with Crippen molar-refractivity contribution in [2.24, 2.45) is 0 Å². The van der Waals surface area contributed by atoms with Crippen molar-refractivity contribution in [3.63, 3.8) is 0 Å². The van der Waals surface area contributed by atoms with Crippen LogP contribution in [0.1, 0.15) is 36.7 Å². The van der Waals surface area contributed by atoms with Gasteiger partial charge in [-0.2, -0.15) is 0 Å². The quantitative estimate of drug-likeness (QED) is 0.632. The summed E-state index contributed by atoms with van der Waals surface area (Å²) < 4.78 is 10.5. The first-order valence-electron chi connectivity index (χ1n) is 5.33. The molecule has 0 aliphatic rings. The van der Waals surface area contributed by atoms with Crippen molar-refractivity contribution in [3.05, 3.63) is 29.3 Å². The summed E-state index contributed by atoms with van der Waals surface area (Å²) in [4.78, 5) is 11.8. The molecule has 0 heterocycles. The fourth-order valence-electron chi connectivity index (χ4n) is 1.32. The summed E-state index contributed by atoms with van der Waals surface area (Å²) in [6.45, 7) is 5.53. The minimum Gasteiger partial charge on any atom is -0.496 e. The minimum atomic E-state index is -0.488. The number of esters is 1. The monoisotopic (exact) mass is 300 g/mol. The van der Waals surface area contributed by atoms with Gasteiger partial charge in [-0.05, 0) is 32.9 Å². The van der Waals surface area contributed by atoms with Crippen LogP contribution in [-0.2, 0) is 10.1 Å². The Bertz CT molecular complexity index is 408. The Balaban J connectivity index is 2.96. The average molecular weight is 301 g/mol. The fourth-order valence-corrected chi connectivity index (χ4v) is 1.78. The number of carbonyl (C=O) groups excluding carboxylic acids is 1. The van der Waals surface area contributed by atoms with Crippen LogP contribution in [0.2, 0.25) is 0 Å². The van der Waals surface area contributed by atoms with Crippen molar-refractivity contribution in [2.45, 2.75) is 31.7 Å². The Morgan fingerprint density at radius 3 is 2.47 bits per heavy atom. The Hall–Kier alpha value is -1.03. The number of benzene rings is 1. The molecule has 0 N–H and O–H groups in total. The summed E-state index contributed by atoms with van der Waals surface area (Å²) in [5.41, 5.74) is 1.01. The minimum absolute atomic E-state index is 0.336. The molecular weight excluding hydrogens is 284 g/mol. The number of alkyl halides is 1. The van der Waals surface area contributed by atoms with Crippen molar-refractivity contribution in [3.8, 4) is 5.75 Å². The molecule has 1 aromatic carbocycles. The van der Waals surface area contributed by atoms with E-state index in [9.17, 15) is 4.79 Å². The highest BCUT2D eigenvalue weighted by molar-refractivity contribution is 9.08. The number of halogens is 1. The van der Waals surface area contributed by atoms with Gasteiger partial charge in [0.25, 0.3) is 0 Å². The molecule has 0 saturated carbocycles. The zero-order chi connectivity index (χ0) is 13.1. The van der Waals surface area contributed by atoms with Gasteiger partial charge >= 0.3 is 5.97 Å². The molecule has 1 rings (SSSR count). The predicted octanol–water partition coefficient (Wildman–Crippen LogP) is 3.55. The summed E-state index contributed by atoms with van der Waals surface area (Å²) in [6, 6.07) is 5.30. The van der Waals surface area contributed by atoms with Crippen LogP contribution in [0.15, 0.2) is 18.2 Å². The van der Waals surface area contributed by atoms with Crippen LogP contribution in [0.5, 0.6) is 5.75 Å². The lowest BCUT2D eigenvalue weighted by atomic mass is 10.1. The highest BCUT2D eigenvalue weighted by atomic mass is 79.9. The Kier molecular flexibility index (Phi) is 4.57. The standard InChI is InChI=1S/C13H17BrO3/c1-13(2,3)17-12(15)9-5-6-10(8-14)11(7-9)16-4/h5-7H,8H2,1-4H3. The van der Waals surface area contributed by atoms with Crippen LogP contribution >= 0.6 is 15.9 Å². The van der Waals surface area contributed by atoms with E-state index in [1.807, 2.05) is 26.8 Å². The van der Waals surface area contributed by atoms with Crippen molar-refractivity contribution in [1.82, 2.24) is 0 Å². The molecule has 0 amide bonds. The lowest BCUT2D eigenvalue weighted by Crippen LogP contribution is -2.23.